The van der Waals surface area contributed by atoms with E-state index >= 15 is 0 Å². The van der Waals surface area contributed by atoms with Crippen LogP contribution in [0, 0.1) is 6.92 Å². The number of hydrogen-bond donors (Lipinski definition) is 1. The van der Waals surface area contributed by atoms with E-state index in [1.165, 1.54) is 0 Å². The van der Waals surface area contributed by atoms with E-state index in [1.807, 2.05) is 43.0 Å². The van der Waals surface area contributed by atoms with Gasteiger partial charge in [-0.05, 0) is 25.8 Å². The summed E-state index contributed by atoms with van der Waals surface area (Å²) in [6, 6.07) is 8.10. The van der Waals surface area contributed by atoms with Crippen molar-refractivity contribution < 1.29 is 9.59 Å². The molecular weight excluding hydrogens is 372 g/mol. The maximum absolute atomic E-state index is 12.7. The predicted molar refractivity (Wildman–Crippen MR) is 112 cm³/mol. The smallest absolute Gasteiger partial charge is 0.234 e. The summed E-state index contributed by atoms with van der Waals surface area (Å²) in [6.45, 7) is 8.00. The average molecular weight is 401 g/mol. The van der Waals surface area contributed by atoms with Crippen LogP contribution in [0.2, 0.25) is 0 Å². The van der Waals surface area contributed by atoms with Crippen LogP contribution in [-0.4, -0.2) is 65.9 Å². The number of nitrogens with zero attached hydrogens (tertiary/aromatic N) is 3. The van der Waals surface area contributed by atoms with Gasteiger partial charge < -0.3 is 10.2 Å². The zero-order valence-corrected chi connectivity index (χ0v) is 17.4. The molecule has 7 heteroatoms. The van der Waals surface area contributed by atoms with Gasteiger partial charge in [0, 0.05) is 43.7 Å². The Bertz CT molecular complexity index is 803. The molecule has 1 saturated heterocycles. The molecule has 1 aromatic heterocycles. The van der Waals surface area contributed by atoms with E-state index in [0.717, 1.165) is 47.9 Å². The Kier molecular flexibility index (Phi) is 7.17. The molecule has 0 saturated carbocycles. The molecule has 1 aliphatic rings. The van der Waals surface area contributed by atoms with Crippen molar-refractivity contribution in [3.63, 3.8) is 0 Å². The normalized spacial score (nSPS) is 15.3. The van der Waals surface area contributed by atoms with Crippen LogP contribution >= 0.6 is 11.3 Å². The monoisotopic (exact) mass is 400 g/mol. The van der Waals surface area contributed by atoms with Crippen LogP contribution in [0.15, 0.2) is 29.6 Å². The van der Waals surface area contributed by atoms with E-state index in [2.05, 4.69) is 20.6 Å². The molecule has 0 atom stereocenters. The highest BCUT2D eigenvalue weighted by molar-refractivity contribution is 7.09. The molecular formula is C21H28N4O2S. The molecule has 0 unspecified atom stereocenters. The van der Waals surface area contributed by atoms with Crippen molar-refractivity contribution >= 4 is 23.2 Å². The summed E-state index contributed by atoms with van der Waals surface area (Å²) < 4.78 is 0. The first kappa shape index (κ1) is 20.5. The Balaban J connectivity index is 1.52. The number of thiazole rings is 1. The molecule has 0 radical (unpaired) electrons. The fourth-order valence-electron chi connectivity index (χ4n) is 3.41. The minimum Gasteiger partial charge on any atom is -0.355 e. The van der Waals surface area contributed by atoms with Crippen molar-refractivity contribution in [3.8, 4) is 11.3 Å². The summed E-state index contributed by atoms with van der Waals surface area (Å²) in [6.07, 6.45) is 1.31. The van der Waals surface area contributed by atoms with Gasteiger partial charge in [0.25, 0.3) is 0 Å². The summed E-state index contributed by atoms with van der Waals surface area (Å²) in [5.41, 5.74) is 3.08. The van der Waals surface area contributed by atoms with E-state index in [-0.39, 0.29) is 11.8 Å². The molecule has 0 spiro atoms. The third kappa shape index (κ3) is 5.62. The van der Waals surface area contributed by atoms with Crippen molar-refractivity contribution in [2.45, 2.75) is 26.7 Å². The van der Waals surface area contributed by atoms with Crippen molar-refractivity contribution in [2.75, 3.05) is 39.3 Å². The maximum atomic E-state index is 12.7. The summed E-state index contributed by atoms with van der Waals surface area (Å²) in [7, 11) is 0. The molecule has 1 aliphatic heterocycles. The maximum Gasteiger partial charge on any atom is 0.234 e. The van der Waals surface area contributed by atoms with Crippen molar-refractivity contribution in [2.24, 2.45) is 0 Å². The van der Waals surface area contributed by atoms with Crippen LogP contribution < -0.4 is 5.32 Å². The Morgan fingerprint density at radius 2 is 1.93 bits per heavy atom. The van der Waals surface area contributed by atoms with Gasteiger partial charge in [-0.1, -0.05) is 24.3 Å². The lowest BCUT2D eigenvalue weighted by Gasteiger charge is -2.22. The lowest BCUT2D eigenvalue weighted by Crippen LogP contribution is -2.40. The topological polar surface area (TPSA) is 65.5 Å². The molecule has 3 rings (SSSR count). The lowest BCUT2D eigenvalue weighted by molar-refractivity contribution is -0.130. The van der Waals surface area contributed by atoms with Crippen LogP contribution in [0.1, 0.15) is 23.9 Å². The van der Waals surface area contributed by atoms with E-state index in [9.17, 15) is 9.59 Å². The Morgan fingerprint density at radius 1 is 1.14 bits per heavy atom. The van der Waals surface area contributed by atoms with Gasteiger partial charge in [-0.25, -0.2) is 4.98 Å². The summed E-state index contributed by atoms with van der Waals surface area (Å²) in [5, 5.41) is 5.94. The molecule has 0 aliphatic carbocycles. The van der Waals surface area contributed by atoms with E-state index < -0.39 is 0 Å². The second-order valence-corrected chi connectivity index (χ2v) is 8.15. The number of rotatable bonds is 6. The van der Waals surface area contributed by atoms with Crippen LogP contribution in [0.5, 0.6) is 0 Å². The molecule has 28 heavy (non-hydrogen) atoms. The number of benzene rings is 1. The fourth-order valence-corrected chi connectivity index (χ4v) is 4.03. The quantitative estimate of drug-likeness (QED) is 0.808. The lowest BCUT2D eigenvalue weighted by atomic mass is 10.1. The largest absolute Gasteiger partial charge is 0.355 e. The molecule has 1 aromatic carbocycles. The van der Waals surface area contributed by atoms with Gasteiger partial charge >= 0.3 is 0 Å². The number of likely N-dealkylation sites (N-methyl/N-ethyl adjacent to an activating group) is 1. The number of carbonyl (C=O) groups excluding carboxylic acids is 2. The average Bonchev–Trinajstić information content (AvgIpc) is 2.97. The first-order valence-electron chi connectivity index (χ1n) is 9.83. The van der Waals surface area contributed by atoms with Crippen LogP contribution in [0.3, 0.4) is 0 Å². The van der Waals surface area contributed by atoms with Gasteiger partial charge in [0.2, 0.25) is 11.8 Å². The number of amides is 2. The molecule has 0 bridgehead atoms. The van der Waals surface area contributed by atoms with E-state index in [0.29, 0.717) is 26.1 Å². The molecule has 2 amide bonds. The standard InChI is InChI=1S/C21H28N4O2S/c1-3-22-20(26)14-24-9-4-10-25(12-11-24)21(27)13-17-5-7-18(8-6-17)19-15-28-16(2)23-19/h5-8,15H,3-4,9-14H2,1-2H3,(H,22,26). The Morgan fingerprint density at radius 3 is 2.61 bits per heavy atom. The van der Waals surface area contributed by atoms with Crippen LogP contribution in [0.25, 0.3) is 11.3 Å². The van der Waals surface area contributed by atoms with Gasteiger partial charge in [0.15, 0.2) is 0 Å². The number of hydrogen-bond acceptors (Lipinski definition) is 5. The van der Waals surface area contributed by atoms with E-state index in [4.69, 9.17) is 0 Å². The molecule has 1 N–H and O–H groups in total. The highest BCUT2D eigenvalue weighted by atomic mass is 32.1. The third-order valence-corrected chi connectivity index (χ3v) is 5.68. The van der Waals surface area contributed by atoms with Crippen molar-refractivity contribution in [1.82, 2.24) is 20.1 Å². The molecule has 150 valence electrons. The first-order chi connectivity index (χ1) is 13.5. The van der Waals surface area contributed by atoms with Gasteiger partial charge in [-0.3, -0.25) is 14.5 Å². The van der Waals surface area contributed by atoms with Gasteiger partial charge in [-0.2, -0.15) is 0 Å². The van der Waals surface area contributed by atoms with Crippen LogP contribution in [0.4, 0.5) is 0 Å². The Hall–Kier alpha value is -2.25. The second-order valence-electron chi connectivity index (χ2n) is 7.09. The molecule has 2 aromatic rings. The molecule has 6 nitrogen and oxygen atoms in total. The Labute approximate surface area is 170 Å². The first-order valence-corrected chi connectivity index (χ1v) is 10.7. The number of aromatic nitrogens is 1. The van der Waals surface area contributed by atoms with Crippen LogP contribution in [-0.2, 0) is 16.0 Å². The predicted octanol–water partition coefficient (Wildman–Crippen LogP) is 2.33. The minimum atomic E-state index is 0.0534. The fraction of sp³-hybridized carbons (Fsp3) is 0.476. The van der Waals surface area contributed by atoms with Gasteiger partial charge in [-0.15, -0.1) is 11.3 Å². The van der Waals surface area contributed by atoms with Gasteiger partial charge in [0.05, 0.1) is 23.7 Å². The molecule has 1 fully saturated rings. The minimum absolute atomic E-state index is 0.0534. The SMILES string of the molecule is CCNC(=O)CN1CCCN(C(=O)Cc2ccc(-c3csc(C)n3)cc2)CC1. The summed E-state index contributed by atoms with van der Waals surface area (Å²) in [4.78, 5) is 33.1. The zero-order valence-electron chi connectivity index (χ0n) is 16.6. The van der Waals surface area contributed by atoms with Gasteiger partial charge in [0.1, 0.15) is 0 Å². The zero-order chi connectivity index (χ0) is 19.9. The highest BCUT2D eigenvalue weighted by Crippen LogP contribution is 2.22. The summed E-state index contributed by atoms with van der Waals surface area (Å²) in [5.74, 6) is 0.204. The third-order valence-electron chi connectivity index (χ3n) is 4.91. The number of nitrogens with one attached hydrogen (secondary N) is 1. The van der Waals surface area contributed by atoms with Crippen molar-refractivity contribution in [3.05, 3.63) is 40.2 Å². The highest BCUT2D eigenvalue weighted by Gasteiger charge is 2.20. The number of aryl methyl sites for hydroxylation is 1. The second kappa shape index (κ2) is 9.80. The summed E-state index contributed by atoms with van der Waals surface area (Å²) >= 11 is 1.64. The van der Waals surface area contributed by atoms with Crippen molar-refractivity contribution in [1.29, 1.82) is 0 Å². The van der Waals surface area contributed by atoms with E-state index in [1.54, 1.807) is 11.3 Å². The molecule has 2 heterocycles. The number of carbonyl (C=O) groups is 2.